The lowest BCUT2D eigenvalue weighted by atomic mass is 10.1. The van der Waals surface area contributed by atoms with Gasteiger partial charge in [-0.05, 0) is 36.4 Å². The van der Waals surface area contributed by atoms with E-state index in [1.54, 1.807) is 24.3 Å². The fourth-order valence-corrected chi connectivity index (χ4v) is 3.38. The van der Waals surface area contributed by atoms with Crippen LogP contribution in [0.25, 0.3) is 27.9 Å². The molecule has 5 rings (SSSR count). The lowest BCUT2D eigenvalue weighted by Crippen LogP contribution is -2.13. The molecule has 0 spiro atoms. The standard InChI is InChI=1S/C21H11ClF3N7O/c22-12-6-4-11(5-7-12)17-30-18-13-2-1-3-14(21(23,24)25)16(13)29-20(32(18)31-17)28-15-10-26-8-9-27-19(15)33/h1-10H,(H,27,28,29,33). The van der Waals surface area contributed by atoms with Crippen molar-refractivity contribution in [2.75, 3.05) is 5.32 Å². The number of nitrogens with one attached hydrogen (secondary N) is 1. The summed E-state index contributed by atoms with van der Waals surface area (Å²) in [7, 11) is 0. The average molecular weight is 470 g/mol. The highest BCUT2D eigenvalue weighted by Gasteiger charge is 2.34. The molecule has 0 amide bonds. The Morgan fingerprint density at radius 2 is 1.79 bits per heavy atom. The van der Waals surface area contributed by atoms with E-state index >= 15 is 0 Å². The Kier molecular flexibility index (Phi) is 4.90. The van der Waals surface area contributed by atoms with Gasteiger partial charge in [-0.2, -0.15) is 17.7 Å². The molecule has 1 N–H and O–H groups in total. The lowest BCUT2D eigenvalue weighted by Gasteiger charge is -2.12. The fraction of sp³-hybridized carbons (Fsp3) is 0.0476. The Labute approximate surface area is 187 Å². The van der Waals surface area contributed by atoms with Crippen LogP contribution in [0.3, 0.4) is 0 Å². The molecular formula is C21H11ClF3N7O. The highest BCUT2D eigenvalue weighted by atomic mass is 35.5. The molecular weight excluding hydrogens is 459 g/mol. The number of hydrogen-bond acceptors (Lipinski definition) is 7. The number of halogens is 4. The van der Waals surface area contributed by atoms with Crippen molar-refractivity contribution in [3.05, 3.63) is 82.0 Å². The first-order valence-electron chi connectivity index (χ1n) is 9.41. The van der Waals surface area contributed by atoms with Crippen molar-refractivity contribution < 1.29 is 13.2 Å². The van der Waals surface area contributed by atoms with Gasteiger partial charge in [-0.3, -0.25) is 9.78 Å². The van der Waals surface area contributed by atoms with Crippen molar-refractivity contribution in [2.45, 2.75) is 6.18 Å². The number of aromatic nitrogens is 6. The van der Waals surface area contributed by atoms with Crippen molar-refractivity contribution in [3.63, 3.8) is 0 Å². The molecule has 164 valence electrons. The van der Waals surface area contributed by atoms with Gasteiger partial charge < -0.3 is 5.32 Å². The van der Waals surface area contributed by atoms with Crippen LogP contribution in [0.4, 0.5) is 24.8 Å². The van der Waals surface area contributed by atoms with Gasteiger partial charge in [0, 0.05) is 28.4 Å². The van der Waals surface area contributed by atoms with Gasteiger partial charge in [-0.15, -0.1) is 5.10 Å². The second-order valence-corrected chi connectivity index (χ2v) is 7.30. The average Bonchev–Trinajstić information content (AvgIpc) is 3.13. The van der Waals surface area contributed by atoms with Gasteiger partial charge in [-0.1, -0.05) is 17.7 Å². The summed E-state index contributed by atoms with van der Waals surface area (Å²) < 4.78 is 42.4. The summed E-state index contributed by atoms with van der Waals surface area (Å²) in [5.41, 5.74) is -1.35. The van der Waals surface area contributed by atoms with Gasteiger partial charge in [-0.25, -0.2) is 15.0 Å². The summed E-state index contributed by atoms with van der Waals surface area (Å²) >= 11 is 5.94. The molecule has 0 aliphatic rings. The van der Waals surface area contributed by atoms with Gasteiger partial charge in [0.25, 0.3) is 5.56 Å². The molecule has 12 heteroatoms. The molecule has 0 bridgehead atoms. The van der Waals surface area contributed by atoms with Crippen LogP contribution in [-0.2, 0) is 6.18 Å². The predicted molar refractivity (Wildman–Crippen MR) is 115 cm³/mol. The number of para-hydroxylation sites is 1. The smallest absolute Gasteiger partial charge is 0.318 e. The molecule has 8 nitrogen and oxygen atoms in total. The maximum atomic E-state index is 13.7. The van der Waals surface area contributed by atoms with E-state index in [2.05, 4.69) is 30.4 Å². The summed E-state index contributed by atoms with van der Waals surface area (Å²) in [4.78, 5) is 28.4. The van der Waals surface area contributed by atoms with Crippen molar-refractivity contribution >= 4 is 39.8 Å². The highest BCUT2D eigenvalue weighted by Crippen LogP contribution is 2.36. The number of hydrogen-bond donors (Lipinski definition) is 1. The first kappa shape index (κ1) is 20.8. The molecule has 0 unspecified atom stereocenters. The first-order chi connectivity index (χ1) is 15.8. The highest BCUT2D eigenvalue weighted by molar-refractivity contribution is 6.30. The molecule has 0 saturated carbocycles. The Hall–Kier alpha value is -4.12. The Morgan fingerprint density at radius 1 is 1.00 bits per heavy atom. The molecule has 0 aliphatic carbocycles. The molecule has 3 heterocycles. The largest absolute Gasteiger partial charge is 0.418 e. The van der Waals surface area contributed by atoms with Crippen LogP contribution < -0.4 is 10.9 Å². The molecule has 2 aromatic carbocycles. The Morgan fingerprint density at radius 3 is 2.55 bits per heavy atom. The van der Waals surface area contributed by atoms with Gasteiger partial charge in [0.05, 0.1) is 17.3 Å². The van der Waals surface area contributed by atoms with E-state index in [4.69, 9.17) is 11.6 Å². The zero-order valence-corrected chi connectivity index (χ0v) is 17.1. The second-order valence-electron chi connectivity index (χ2n) is 6.86. The van der Waals surface area contributed by atoms with E-state index in [0.717, 1.165) is 6.07 Å². The lowest BCUT2D eigenvalue weighted by molar-refractivity contribution is -0.136. The van der Waals surface area contributed by atoms with E-state index < -0.39 is 17.3 Å². The summed E-state index contributed by atoms with van der Waals surface area (Å²) in [6, 6.07) is 10.3. The molecule has 0 fully saturated rings. The summed E-state index contributed by atoms with van der Waals surface area (Å²) in [6.07, 6.45) is -0.967. The van der Waals surface area contributed by atoms with Crippen LogP contribution in [0.15, 0.2) is 65.8 Å². The number of benzene rings is 2. The molecule has 3 aromatic heterocycles. The molecule has 0 atom stereocenters. The summed E-state index contributed by atoms with van der Waals surface area (Å²) in [5, 5.41) is 7.76. The maximum absolute atomic E-state index is 13.7. The maximum Gasteiger partial charge on any atom is 0.418 e. The number of nitrogens with zero attached hydrogens (tertiary/aromatic N) is 6. The molecule has 0 saturated heterocycles. The third kappa shape index (κ3) is 3.82. The number of rotatable bonds is 3. The summed E-state index contributed by atoms with van der Waals surface area (Å²) in [6.45, 7) is 0. The van der Waals surface area contributed by atoms with Crippen LogP contribution in [0.1, 0.15) is 5.56 Å². The normalized spacial score (nSPS) is 11.8. The second kappa shape index (κ2) is 7.78. The minimum absolute atomic E-state index is 0.0961. The van der Waals surface area contributed by atoms with Crippen molar-refractivity contribution in [3.8, 4) is 11.4 Å². The molecule has 33 heavy (non-hydrogen) atoms. The molecule has 5 aromatic rings. The fourth-order valence-electron chi connectivity index (χ4n) is 3.25. The van der Waals surface area contributed by atoms with Crippen LogP contribution in [0.2, 0.25) is 5.02 Å². The molecule has 0 radical (unpaired) electrons. The number of fused-ring (bicyclic) bond motifs is 3. The minimum atomic E-state index is -4.66. The summed E-state index contributed by atoms with van der Waals surface area (Å²) in [5.74, 6) is 0.0763. The minimum Gasteiger partial charge on any atom is -0.318 e. The number of anilines is 2. The SMILES string of the molecule is O=c1nccncc1Nc1nc2c(C(F)(F)F)cccc2c2nc(-c3ccc(Cl)cc3)nn12. The Balaban J connectivity index is 1.82. The van der Waals surface area contributed by atoms with E-state index in [1.165, 1.54) is 35.2 Å². The van der Waals surface area contributed by atoms with Crippen molar-refractivity contribution in [1.29, 1.82) is 0 Å². The van der Waals surface area contributed by atoms with Gasteiger partial charge in [0.1, 0.15) is 5.69 Å². The van der Waals surface area contributed by atoms with Gasteiger partial charge in [0.15, 0.2) is 11.5 Å². The Bertz CT molecular complexity index is 1570. The van der Waals surface area contributed by atoms with E-state index in [0.29, 0.717) is 10.6 Å². The third-order valence-corrected chi connectivity index (χ3v) is 4.99. The zero-order valence-electron chi connectivity index (χ0n) is 16.4. The van der Waals surface area contributed by atoms with Gasteiger partial charge in [0.2, 0.25) is 5.95 Å². The van der Waals surface area contributed by atoms with Crippen LogP contribution in [0, 0.1) is 0 Å². The van der Waals surface area contributed by atoms with Gasteiger partial charge >= 0.3 is 6.18 Å². The van der Waals surface area contributed by atoms with Crippen LogP contribution in [0.5, 0.6) is 0 Å². The van der Waals surface area contributed by atoms with Crippen LogP contribution >= 0.6 is 11.6 Å². The quantitative estimate of drug-likeness (QED) is 0.415. The topological polar surface area (TPSA) is 98.0 Å². The molecule has 0 aliphatic heterocycles. The predicted octanol–water partition coefficient (Wildman–Crippen LogP) is 4.51. The first-order valence-corrected chi connectivity index (χ1v) is 9.79. The van der Waals surface area contributed by atoms with E-state index in [-0.39, 0.29) is 34.0 Å². The zero-order chi connectivity index (χ0) is 23.2. The van der Waals surface area contributed by atoms with E-state index in [9.17, 15) is 18.0 Å². The number of alkyl halides is 3. The van der Waals surface area contributed by atoms with E-state index in [1.807, 2.05) is 0 Å². The third-order valence-electron chi connectivity index (χ3n) is 4.74. The van der Waals surface area contributed by atoms with Crippen molar-refractivity contribution in [1.82, 2.24) is 29.5 Å². The van der Waals surface area contributed by atoms with Crippen molar-refractivity contribution in [2.24, 2.45) is 0 Å². The monoisotopic (exact) mass is 469 g/mol. The van der Waals surface area contributed by atoms with Crippen LogP contribution in [-0.4, -0.2) is 29.5 Å².